The SMILES string of the molecule is O=C(CC1C(=O)N(CCc2ccc(Cl)cc2Cl)CC(=O)N1Cc1ccncc1)NCCc1c[nH]c2ccccc12. The Bertz CT molecular complexity index is 1520. The molecule has 2 N–H and O–H groups in total. The van der Waals surface area contributed by atoms with Crippen molar-refractivity contribution >= 4 is 51.8 Å². The number of para-hydroxylation sites is 1. The van der Waals surface area contributed by atoms with E-state index in [2.05, 4.69) is 15.3 Å². The summed E-state index contributed by atoms with van der Waals surface area (Å²) in [6.07, 6.45) is 6.20. The van der Waals surface area contributed by atoms with Crippen LogP contribution in [0, 0.1) is 0 Å². The van der Waals surface area contributed by atoms with E-state index >= 15 is 0 Å². The Morgan fingerprint density at radius 1 is 1.02 bits per heavy atom. The molecule has 0 saturated carbocycles. The van der Waals surface area contributed by atoms with Crippen molar-refractivity contribution in [3.8, 4) is 0 Å². The number of rotatable bonds is 10. The number of carbonyl (C=O) groups is 3. The number of carbonyl (C=O) groups excluding carboxylic acids is 3. The van der Waals surface area contributed by atoms with Gasteiger partial charge in [-0.25, -0.2) is 0 Å². The smallest absolute Gasteiger partial charge is 0.246 e. The summed E-state index contributed by atoms with van der Waals surface area (Å²) < 4.78 is 0. The van der Waals surface area contributed by atoms with Gasteiger partial charge in [0.1, 0.15) is 6.04 Å². The molecule has 0 bridgehead atoms. The molecule has 1 aliphatic heterocycles. The molecule has 4 aromatic rings. The second-order valence-corrected chi connectivity index (χ2v) is 10.6. The van der Waals surface area contributed by atoms with Crippen LogP contribution in [-0.4, -0.2) is 63.2 Å². The van der Waals surface area contributed by atoms with E-state index < -0.39 is 6.04 Å². The highest BCUT2D eigenvalue weighted by Crippen LogP contribution is 2.24. The summed E-state index contributed by atoms with van der Waals surface area (Å²) in [7, 11) is 0. The predicted molar refractivity (Wildman–Crippen MR) is 155 cm³/mol. The van der Waals surface area contributed by atoms with Crippen LogP contribution >= 0.6 is 23.2 Å². The number of fused-ring (bicyclic) bond motifs is 1. The predicted octanol–water partition coefficient (Wildman–Crippen LogP) is 4.40. The third-order valence-corrected chi connectivity index (χ3v) is 7.74. The lowest BCUT2D eigenvalue weighted by Crippen LogP contribution is -2.60. The number of H-pyrrole nitrogens is 1. The average Bonchev–Trinajstić information content (AvgIpc) is 3.36. The van der Waals surface area contributed by atoms with E-state index in [9.17, 15) is 14.4 Å². The van der Waals surface area contributed by atoms with Crippen LogP contribution < -0.4 is 5.32 Å². The summed E-state index contributed by atoms with van der Waals surface area (Å²) in [6, 6.07) is 15.9. The summed E-state index contributed by atoms with van der Waals surface area (Å²) in [4.78, 5) is 50.3. The maximum absolute atomic E-state index is 13.7. The van der Waals surface area contributed by atoms with Gasteiger partial charge in [0.15, 0.2) is 0 Å². The summed E-state index contributed by atoms with van der Waals surface area (Å²) in [5.41, 5.74) is 3.81. The number of aromatic nitrogens is 2. The lowest BCUT2D eigenvalue weighted by molar-refractivity contribution is -0.157. The number of halogens is 2. The molecule has 8 nitrogen and oxygen atoms in total. The van der Waals surface area contributed by atoms with Crippen molar-refractivity contribution in [3.63, 3.8) is 0 Å². The van der Waals surface area contributed by atoms with Gasteiger partial charge in [-0.3, -0.25) is 19.4 Å². The highest BCUT2D eigenvalue weighted by atomic mass is 35.5. The molecule has 3 amide bonds. The van der Waals surface area contributed by atoms with Gasteiger partial charge in [0, 0.05) is 59.2 Å². The quantitative estimate of drug-likeness (QED) is 0.292. The number of pyridine rings is 1. The molecule has 1 saturated heterocycles. The summed E-state index contributed by atoms with van der Waals surface area (Å²) in [6.45, 7) is 0.872. The van der Waals surface area contributed by atoms with Gasteiger partial charge in [0.2, 0.25) is 17.7 Å². The first-order valence-corrected chi connectivity index (χ1v) is 13.9. The second-order valence-electron chi connectivity index (χ2n) is 9.80. The molecule has 10 heteroatoms. The molecule has 1 aliphatic rings. The van der Waals surface area contributed by atoms with E-state index in [4.69, 9.17) is 23.2 Å². The molecule has 3 heterocycles. The number of piperazine rings is 1. The van der Waals surface area contributed by atoms with Gasteiger partial charge in [0.05, 0.1) is 13.0 Å². The topological polar surface area (TPSA) is 98.4 Å². The van der Waals surface area contributed by atoms with Crippen LogP contribution in [0.1, 0.15) is 23.1 Å². The molecule has 0 radical (unpaired) electrons. The first kappa shape index (κ1) is 27.7. The van der Waals surface area contributed by atoms with Gasteiger partial charge in [-0.2, -0.15) is 0 Å². The van der Waals surface area contributed by atoms with Gasteiger partial charge in [-0.1, -0.05) is 47.5 Å². The Morgan fingerprint density at radius 3 is 2.62 bits per heavy atom. The molecule has 0 spiro atoms. The maximum atomic E-state index is 13.7. The Morgan fingerprint density at radius 2 is 1.82 bits per heavy atom. The van der Waals surface area contributed by atoms with Crippen LogP contribution in [0.5, 0.6) is 0 Å². The zero-order valence-electron chi connectivity index (χ0n) is 21.8. The monoisotopic (exact) mass is 577 g/mol. The molecule has 2 aromatic heterocycles. The molecule has 206 valence electrons. The summed E-state index contributed by atoms with van der Waals surface area (Å²) in [5, 5.41) is 5.09. The van der Waals surface area contributed by atoms with Crippen molar-refractivity contribution in [2.75, 3.05) is 19.6 Å². The highest BCUT2D eigenvalue weighted by molar-refractivity contribution is 6.35. The second kappa shape index (κ2) is 12.5. The van der Waals surface area contributed by atoms with Crippen molar-refractivity contribution in [2.45, 2.75) is 31.8 Å². The van der Waals surface area contributed by atoms with Crippen LogP contribution in [0.15, 0.2) is 73.2 Å². The van der Waals surface area contributed by atoms with Crippen LogP contribution in [-0.2, 0) is 33.8 Å². The molecule has 2 aromatic carbocycles. The van der Waals surface area contributed by atoms with E-state index in [1.807, 2.05) is 36.5 Å². The number of amides is 3. The Hall–Kier alpha value is -3.88. The van der Waals surface area contributed by atoms with E-state index in [1.54, 1.807) is 36.7 Å². The number of hydrogen-bond donors (Lipinski definition) is 2. The number of aromatic amines is 1. The van der Waals surface area contributed by atoms with E-state index in [1.165, 1.54) is 9.80 Å². The third-order valence-electron chi connectivity index (χ3n) is 7.16. The molecular formula is C30H29Cl2N5O3. The standard InChI is InChI=1S/C30H29Cl2N5O3/c31-23-6-5-21(25(32)15-23)10-14-36-19-29(39)37(18-20-7-11-33-12-8-20)27(30(36)40)16-28(38)34-13-9-22-17-35-26-4-2-1-3-24(22)26/h1-8,11-12,15,17,27,35H,9-10,13-14,16,18-19H2,(H,34,38). The van der Waals surface area contributed by atoms with Crippen molar-refractivity contribution < 1.29 is 14.4 Å². The lowest BCUT2D eigenvalue weighted by Gasteiger charge is -2.40. The minimum Gasteiger partial charge on any atom is -0.361 e. The molecule has 1 fully saturated rings. The van der Waals surface area contributed by atoms with Crippen LogP contribution in [0.25, 0.3) is 10.9 Å². The number of benzene rings is 2. The van der Waals surface area contributed by atoms with E-state index in [0.29, 0.717) is 36.0 Å². The zero-order chi connectivity index (χ0) is 28.1. The average molecular weight is 579 g/mol. The lowest BCUT2D eigenvalue weighted by atomic mass is 10.0. The molecule has 5 rings (SSSR count). The van der Waals surface area contributed by atoms with Crippen LogP contribution in [0.2, 0.25) is 10.0 Å². The number of hydrogen-bond acceptors (Lipinski definition) is 4. The summed E-state index contributed by atoms with van der Waals surface area (Å²) in [5.74, 6) is -0.756. The largest absolute Gasteiger partial charge is 0.361 e. The van der Waals surface area contributed by atoms with Gasteiger partial charge in [-0.05, 0) is 59.9 Å². The number of nitrogens with zero attached hydrogens (tertiary/aromatic N) is 3. The van der Waals surface area contributed by atoms with Gasteiger partial charge < -0.3 is 20.1 Å². The van der Waals surface area contributed by atoms with Gasteiger partial charge in [-0.15, -0.1) is 0 Å². The fraction of sp³-hybridized carbons (Fsp3) is 0.267. The van der Waals surface area contributed by atoms with Gasteiger partial charge in [0.25, 0.3) is 0 Å². The van der Waals surface area contributed by atoms with Crippen LogP contribution in [0.4, 0.5) is 0 Å². The molecule has 1 unspecified atom stereocenters. The Labute approximate surface area is 242 Å². The maximum Gasteiger partial charge on any atom is 0.246 e. The fourth-order valence-corrected chi connectivity index (χ4v) is 5.53. The molecule has 0 aliphatic carbocycles. The van der Waals surface area contributed by atoms with Gasteiger partial charge >= 0.3 is 0 Å². The van der Waals surface area contributed by atoms with Crippen molar-refractivity contribution in [1.82, 2.24) is 25.1 Å². The number of nitrogens with one attached hydrogen (secondary N) is 2. The van der Waals surface area contributed by atoms with Crippen molar-refractivity contribution in [2.24, 2.45) is 0 Å². The van der Waals surface area contributed by atoms with E-state index in [0.717, 1.165) is 27.6 Å². The molecule has 1 atom stereocenters. The normalized spacial score (nSPS) is 15.6. The third kappa shape index (κ3) is 6.46. The summed E-state index contributed by atoms with van der Waals surface area (Å²) >= 11 is 12.3. The first-order valence-electron chi connectivity index (χ1n) is 13.1. The van der Waals surface area contributed by atoms with Crippen molar-refractivity contribution in [3.05, 3.63) is 99.9 Å². The minimum atomic E-state index is -0.914. The zero-order valence-corrected chi connectivity index (χ0v) is 23.3. The van der Waals surface area contributed by atoms with Crippen molar-refractivity contribution in [1.29, 1.82) is 0 Å². The molecular weight excluding hydrogens is 549 g/mol. The Balaban J connectivity index is 1.26. The Kier molecular flexibility index (Phi) is 8.67. The molecule has 40 heavy (non-hydrogen) atoms. The van der Waals surface area contributed by atoms with E-state index in [-0.39, 0.29) is 37.2 Å². The first-order chi connectivity index (χ1) is 19.4. The highest BCUT2D eigenvalue weighted by Gasteiger charge is 2.40. The fourth-order valence-electron chi connectivity index (χ4n) is 5.02. The minimum absolute atomic E-state index is 0.0617. The van der Waals surface area contributed by atoms with Crippen LogP contribution in [0.3, 0.4) is 0 Å².